The predicted octanol–water partition coefficient (Wildman–Crippen LogP) is 2.91. The molecule has 0 aliphatic carbocycles. The number of carbonyl (C=O) groups excluding carboxylic acids is 1. The fourth-order valence-corrected chi connectivity index (χ4v) is 1.75. The molecule has 0 unspecified atom stereocenters. The van der Waals surface area contributed by atoms with Crippen LogP contribution < -0.4 is 15.0 Å². The van der Waals surface area contributed by atoms with E-state index in [1.165, 1.54) is 12.1 Å². The molecule has 4 nitrogen and oxygen atoms in total. The Morgan fingerprint density at radius 1 is 1.14 bits per heavy atom. The van der Waals surface area contributed by atoms with Crippen LogP contribution in [-0.4, -0.2) is 26.6 Å². The molecule has 0 aliphatic heterocycles. The number of amides is 1. The van der Waals surface area contributed by atoms with Crippen LogP contribution in [0.25, 0.3) is 0 Å². The Balaban J connectivity index is 1.88. The average molecular weight is 288 g/mol. The van der Waals surface area contributed by atoms with E-state index in [9.17, 15) is 9.18 Å². The highest BCUT2D eigenvalue weighted by Crippen LogP contribution is 2.17. The zero-order chi connectivity index (χ0) is 15.2. The maximum absolute atomic E-state index is 13.3. The van der Waals surface area contributed by atoms with Gasteiger partial charge in [-0.25, -0.2) is 4.39 Å². The van der Waals surface area contributed by atoms with Crippen molar-refractivity contribution in [2.75, 3.05) is 30.9 Å². The normalized spacial score (nSPS) is 10.0. The first-order valence-corrected chi connectivity index (χ1v) is 6.51. The minimum atomic E-state index is -0.486. The van der Waals surface area contributed by atoms with E-state index in [0.29, 0.717) is 5.69 Å². The molecule has 0 bridgehead atoms. The van der Waals surface area contributed by atoms with Crippen molar-refractivity contribution in [3.8, 4) is 5.75 Å². The van der Waals surface area contributed by atoms with E-state index >= 15 is 0 Å². The van der Waals surface area contributed by atoms with Gasteiger partial charge in [-0.2, -0.15) is 0 Å². The molecule has 5 heteroatoms. The number of ether oxygens (including phenoxy) is 1. The van der Waals surface area contributed by atoms with Crippen LogP contribution in [0.15, 0.2) is 48.5 Å². The van der Waals surface area contributed by atoms with Crippen molar-refractivity contribution in [1.82, 2.24) is 0 Å². The monoisotopic (exact) mass is 288 g/mol. The summed E-state index contributed by atoms with van der Waals surface area (Å²) in [5.74, 6) is -0.757. The maximum Gasteiger partial charge on any atom is 0.262 e. The van der Waals surface area contributed by atoms with E-state index < -0.39 is 5.82 Å². The zero-order valence-electron chi connectivity index (χ0n) is 12.0. The summed E-state index contributed by atoms with van der Waals surface area (Å²) in [4.78, 5) is 13.7. The number of para-hydroxylation sites is 1. The van der Waals surface area contributed by atoms with Gasteiger partial charge in [0.05, 0.1) is 0 Å². The first-order valence-electron chi connectivity index (χ1n) is 6.51. The summed E-state index contributed by atoms with van der Waals surface area (Å²) < 4.78 is 18.5. The third-order valence-electron chi connectivity index (χ3n) is 2.86. The Hall–Kier alpha value is -2.56. The molecule has 110 valence electrons. The second-order valence-electron chi connectivity index (χ2n) is 4.71. The Labute approximate surface area is 123 Å². The van der Waals surface area contributed by atoms with Crippen LogP contribution in [0, 0.1) is 5.82 Å². The van der Waals surface area contributed by atoms with Crippen LogP contribution in [-0.2, 0) is 4.79 Å². The number of nitrogens with zero attached hydrogens (tertiary/aromatic N) is 1. The highest BCUT2D eigenvalue weighted by atomic mass is 19.1. The van der Waals surface area contributed by atoms with E-state index in [4.69, 9.17) is 4.74 Å². The summed E-state index contributed by atoms with van der Waals surface area (Å²) in [6.07, 6.45) is 0. The number of carbonyl (C=O) groups is 1. The molecule has 0 aliphatic rings. The number of nitrogens with one attached hydrogen (secondary N) is 1. The van der Waals surface area contributed by atoms with Crippen LogP contribution in [0.3, 0.4) is 0 Å². The Kier molecular flexibility index (Phi) is 4.77. The molecule has 0 radical (unpaired) electrons. The van der Waals surface area contributed by atoms with Crippen LogP contribution >= 0.6 is 0 Å². The molecule has 2 aromatic carbocycles. The molecule has 21 heavy (non-hydrogen) atoms. The maximum atomic E-state index is 13.3. The van der Waals surface area contributed by atoms with Crippen molar-refractivity contribution in [3.05, 3.63) is 54.3 Å². The lowest BCUT2D eigenvalue weighted by Crippen LogP contribution is -2.20. The van der Waals surface area contributed by atoms with Crippen LogP contribution in [0.5, 0.6) is 5.75 Å². The van der Waals surface area contributed by atoms with E-state index in [0.717, 1.165) is 5.69 Å². The van der Waals surface area contributed by atoms with Crippen LogP contribution in [0.1, 0.15) is 0 Å². The quantitative estimate of drug-likeness (QED) is 0.919. The van der Waals surface area contributed by atoms with E-state index in [2.05, 4.69) is 5.32 Å². The smallest absolute Gasteiger partial charge is 0.262 e. The van der Waals surface area contributed by atoms with Crippen molar-refractivity contribution in [2.24, 2.45) is 0 Å². The van der Waals surface area contributed by atoms with Gasteiger partial charge in [0, 0.05) is 25.5 Å². The van der Waals surface area contributed by atoms with Crippen LogP contribution in [0.2, 0.25) is 0 Å². The summed E-state index contributed by atoms with van der Waals surface area (Å²) in [7, 11) is 3.88. The molecular weight excluding hydrogens is 271 g/mol. The van der Waals surface area contributed by atoms with Crippen molar-refractivity contribution in [3.63, 3.8) is 0 Å². The summed E-state index contributed by atoms with van der Waals surface area (Å²) in [5.41, 5.74) is 1.71. The van der Waals surface area contributed by atoms with Gasteiger partial charge in [0.1, 0.15) is 0 Å². The van der Waals surface area contributed by atoms with Gasteiger partial charge in [0.2, 0.25) is 0 Å². The summed E-state index contributed by atoms with van der Waals surface area (Å²) in [6, 6.07) is 13.4. The summed E-state index contributed by atoms with van der Waals surface area (Å²) >= 11 is 0. The minimum Gasteiger partial charge on any atom is -0.481 e. The Bertz CT molecular complexity index is 612. The highest BCUT2D eigenvalue weighted by molar-refractivity contribution is 5.92. The molecule has 0 heterocycles. The van der Waals surface area contributed by atoms with Crippen molar-refractivity contribution >= 4 is 17.3 Å². The number of hydrogen-bond acceptors (Lipinski definition) is 3. The second-order valence-corrected chi connectivity index (χ2v) is 4.71. The van der Waals surface area contributed by atoms with Crippen molar-refractivity contribution < 1.29 is 13.9 Å². The standard InChI is InChI=1S/C16H17FN2O2/c1-19(2)13-9-7-12(8-10-13)18-16(20)11-21-15-6-4-3-5-14(15)17/h3-10H,11H2,1-2H3,(H,18,20). The molecule has 0 atom stereocenters. The number of rotatable bonds is 5. The molecule has 2 rings (SSSR count). The van der Waals surface area contributed by atoms with Crippen LogP contribution in [0.4, 0.5) is 15.8 Å². The third kappa shape index (κ3) is 4.21. The van der Waals surface area contributed by atoms with Gasteiger partial charge in [-0.1, -0.05) is 12.1 Å². The Morgan fingerprint density at radius 3 is 2.43 bits per heavy atom. The number of halogens is 1. The van der Waals surface area contributed by atoms with Gasteiger partial charge < -0.3 is 15.0 Å². The zero-order valence-corrected chi connectivity index (χ0v) is 12.0. The SMILES string of the molecule is CN(C)c1ccc(NC(=O)COc2ccccc2F)cc1. The molecule has 0 saturated heterocycles. The third-order valence-corrected chi connectivity index (χ3v) is 2.86. The lowest BCUT2D eigenvalue weighted by atomic mass is 10.2. The van der Waals surface area contributed by atoms with E-state index in [-0.39, 0.29) is 18.3 Å². The molecule has 1 N–H and O–H groups in total. The molecule has 0 saturated carbocycles. The van der Waals surface area contributed by atoms with Gasteiger partial charge >= 0.3 is 0 Å². The van der Waals surface area contributed by atoms with Gasteiger partial charge in [0.15, 0.2) is 18.2 Å². The Morgan fingerprint density at radius 2 is 1.81 bits per heavy atom. The van der Waals surface area contributed by atoms with Gasteiger partial charge in [-0.15, -0.1) is 0 Å². The van der Waals surface area contributed by atoms with E-state index in [1.54, 1.807) is 24.3 Å². The minimum absolute atomic E-state index is 0.0654. The van der Waals surface area contributed by atoms with Crippen molar-refractivity contribution in [2.45, 2.75) is 0 Å². The summed E-state index contributed by atoms with van der Waals surface area (Å²) in [6.45, 7) is -0.240. The first-order chi connectivity index (χ1) is 10.1. The second kappa shape index (κ2) is 6.74. The fraction of sp³-hybridized carbons (Fsp3) is 0.188. The lowest BCUT2D eigenvalue weighted by molar-refractivity contribution is -0.118. The molecule has 0 aromatic heterocycles. The van der Waals surface area contributed by atoms with E-state index in [1.807, 2.05) is 31.1 Å². The molecular formula is C16H17FN2O2. The van der Waals surface area contributed by atoms with Crippen molar-refractivity contribution in [1.29, 1.82) is 0 Å². The van der Waals surface area contributed by atoms with Gasteiger partial charge in [-0.3, -0.25) is 4.79 Å². The predicted molar refractivity (Wildman–Crippen MR) is 81.3 cm³/mol. The number of benzene rings is 2. The first kappa shape index (κ1) is 14.8. The van der Waals surface area contributed by atoms with Gasteiger partial charge in [0.25, 0.3) is 5.91 Å². The van der Waals surface area contributed by atoms with Gasteiger partial charge in [-0.05, 0) is 36.4 Å². The number of hydrogen-bond donors (Lipinski definition) is 1. The molecule has 2 aromatic rings. The molecule has 0 spiro atoms. The molecule has 0 fully saturated rings. The molecule has 1 amide bonds. The number of anilines is 2. The lowest BCUT2D eigenvalue weighted by Gasteiger charge is -2.13. The fourth-order valence-electron chi connectivity index (χ4n) is 1.75. The average Bonchev–Trinajstić information content (AvgIpc) is 2.47. The summed E-state index contributed by atoms with van der Waals surface area (Å²) in [5, 5.41) is 2.69. The highest BCUT2D eigenvalue weighted by Gasteiger charge is 2.06. The topological polar surface area (TPSA) is 41.6 Å². The largest absolute Gasteiger partial charge is 0.481 e.